The fourth-order valence-corrected chi connectivity index (χ4v) is 4.56. The van der Waals surface area contributed by atoms with Crippen molar-refractivity contribution in [3.63, 3.8) is 0 Å². The third kappa shape index (κ3) is 5.23. The van der Waals surface area contributed by atoms with Gasteiger partial charge in [0.2, 0.25) is 0 Å². The van der Waals surface area contributed by atoms with Gasteiger partial charge in [0.1, 0.15) is 5.92 Å². The number of non-ortho nitro benzene ring substituents is 1. The number of hydrogen-bond donors (Lipinski definition) is 0. The van der Waals surface area contributed by atoms with Gasteiger partial charge in [-0.3, -0.25) is 24.8 Å². The lowest BCUT2D eigenvalue weighted by molar-refractivity contribution is -0.384. The molecule has 0 saturated carbocycles. The summed E-state index contributed by atoms with van der Waals surface area (Å²) in [7, 11) is 3.26. The molecule has 1 aromatic heterocycles. The quantitative estimate of drug-likeness (QED) is 0.259. The lowest BCUT2D eigenvalue weighted by Crippen LogP contribution is -2.33. The molecule has 10 nitrogen and oxygen atoms in total. The summed E-state index contributed by atoms with van der Waals surface area (Å²) in [5.41, 5.74) is 3.32. The van der Waals surface area contributed by atoms with E-state index in [-0.39, 0.29) is 11.6 Å². The summed E-state index contributed by atoms with van der Waals surface area (Å²) in [5.74, 6) is -1.25. The zero-order valence-electron chi connectivity index (χ0n) is 20.5. The first-order valence-corrected chi connectivity index (χ1v) is 11.4. The molecular weight excluding hydrogens is 462 g/mol. The first kappa shape index (κ1) is 24.9. The zero-order chi connectivity index (χ0) is 25.8. The predicted octanol–water partition coefficient (Wildman–Crippen LogP) is 4.39. The lowest BCUT2D eigenvalue weighted by atomic mass is 9.75. The summed E-state index contributed by atoms with van der Waals surface area (Å²) in [6.45, 7) is 4.68. The van der Waals surface area contributed by atoms with Crippen molar-refractivity contribution in [3.05, 3.63) is 93.3 Å². The van der Waals surface area contributed by atoms with E-state index in [2.05, 4.69) is 20.0 Å². The van der Waals surface area contributed by atoms with E-state index in [1.807, 2.05) is 37.4 Å². The summed E-state index contributed by atoms with van der Waals surface area (Å²) in [6.07, 6.45) is 0. The summed E-state index contributed by atoms with van der Waals surface area (Å²) in [4.78, 5) is 35.1. The highest BCUT2D eigenvalue weighted by molar-refractivity contribution is 6.06. The highest BCUT2D eigenvalue weighted by atomic mass is 16.6. The molecule has 0 fully saturated rings. The number of aliphatic imine (C=N–C) groups is 1. The molecule has 2 heterocycles. The second kappa shape index (κ2) is 10.6. The molecule has 0 aliphatic carbocycles. The number of hydrogen-bond acceptors (Lipinski definition) is 9. The fourth-order valence-electron chi connectivity index (χ4n) is 4.56. The normalized spacial score (nSPS) is 17.8. The maximum atomic E-state index is 12.9. The second-order valence-electron chi connectivity index (χ2n) is 8.76. The molecular formula is C26H27N5O5. The molecule has 0 radical (unpaired) electrons. The average molecular weight is 490 g/mol. The van der Waals surface area contributed by atoms with Crippen LogP contribution in [0.25, 0.3) is 5.57 Å². The number of carbonyl (C=O) groups excluding carboxylic acids is 1. The molecule has 4 rings (SSSR count). The number of rotatable bonds is 8. The van der Waals surface area contributed by atoms with E-state index in [0.717, 1.165) is 5.56 Å². The molecule has 1 aliphatic heterocycles. The van der Waals surface area contributed by atoms with E-state index in [4.69, 9.17) is 9.26 Å². The Bertz CT molecular complexity index is 1330. The van der Waals surface area contributed by atoms with Gasteiger partial charge in [0.25, 0.3) is 11.6 Å². The molecule has 10 heteroatoms. The van der Waals surface area contributed by atoms with Crippen LogP contribution in [0, 0.1) is 16.0 Å². The summed E-state index contributed by atoms with van der Waals surface area (Å²) in [6, 6.07) is 16.2. The first-order chi connectivity index (χ1) is 17.3. The van der Waals surface area contributed by atoms with Crippen LogP contribution < -0.4 is 0 Å². The smallest absolute Gasteiger partial charge is 0.315 e. The van der Waals surface area contributed by atoms with Crippen LogP contribution in [-0.4, -0.2) is 45.8 Å². The molecule has 1 aliphatic rings. The zero-order valence-corrected chi connectivity index (χ0v) is 20.5. The van der Waals surface area contributed by atoms with Crippen molar-refractivity contribution in [3.8, 4) is 0 Å². The van der Waals surface area contributed by atoms with E-state index in [0.29, 0.717) is 41.5 Å². The topological polar surface area (TPSA) is 124 Å². The second-order valence-corrected chi connectivity index (χ2v) is 8.76. The van der Waals surface area contributed by atoms with Gasteiger partial charge in [-0.2, -0.15) is 4.98 Å². The molecule has 0 amide bonds. The van der Waals surface area contributed by atoms with Crippen molar-refractivity contribution in [2.75, 3.05) is 14.2 Å². The summed E-state index contributed by atoms with van der Waals surface area (Å²) >= 11 is 0. The minimum absolute atomic E-state index is 0.0814. The minimum Gasteiger partial charge on any atom is -0.468 e. The number of nitrogens with zero attached hydrogens (tertiary/aromatic N) is 5. The molecule has 3 aromatic rings. The van der Waals surface area contributed by atoms with Gasteiger partial charge in [0, 0.05) is 41.6 Å². The molecule has 0 N–H and O–H groups in total. The summed E-state index contributed by atoms with van der Waals surface area (Å²) in [5, 5.41) is 15.6. The van der Waals surface area contributed by atoms with Gasteiger partial charge in [0.15, 0.2) is 5.82 Å². The Balaban J connectivity index is 1.70. The molecule has 0 spiro atoms. The van der Waals surface area contributed by atoms with Gasteiger partial charge in [-0.25, -0.2) is 0 Å². The van der Waals surface area contributed by atoms with Crippen LogP contribution in [0.3, 0.4) is 0 Å². The first-order valence-electron chi connectivity index (χ1n) is 11.4. The van der Waals surface area contributed by atoms with Gasteiger partial charge in [-0.15, -0.1) is 0 Å². The molecule has 186 valence electrons. The van der Waals surface area contributed by atoms with Crippen LogP contribution in [-0.2, 0) is 22.6 Å². The number of nitro groups is 1. The molecule has 0 bridgehead atoms. The van der Waals surface area contributed by atoms with E-state index >= 15 is 0 Å². The van der Waals surface area contributed by atoms with Gasteiger partial charge in [-0.1, -0.05) is 47.6 Å². The van der Waals surface area contributed by atoms with E-state index < -0.39 is 22.7 Å². The van der Waals surface area contributed by atoms with Gasteiger partial charge in [-0.05, 0) is 32.0 Å². The van der Waals surface area contributed by atoms with Crippen LogP contribution in [0.15, 0.2) is 69.8 Å². The molecule has 2 atom stereocenters. The number of benzene rings is 2. The molecule has 0 saturated heterocycles. The molecule has 36 heavy (non-hydrogen) atoms. The number of methoxy groups -OCH3 is 1. The van der Waals surface area contributed by atoms with Crippen LogP contribution >= 0.6 is 0 Å². The Morgan fingerprint density at radius 2 is 1.89 bits per heavy atom. The van der Waals surface area contributed by atoms with Gasteiger partial charge >= 0.3 is 5.97 Å². The third-order valence-corrected chi connectivity index (χ3v) is 6.13. The Labute approximate surface area is 208 Å². The maximum absolute atomic E-state index is 12.9. The monoisotopic (exact) mass is 489 g/mol. The van der Waals surface area contributed by atoms with Crippen molar-refractivity contribution < 1.29 is 19.0 Å². The van der Waals surface area contributed by atoms with Crippen molar-refractivity contribution in [1.82, 2.24) is 15.0 Å². The highest BCUT2D eigenvalue weighted by Crippen LogP contribution is 2.44. The SMILES string of the molecule is COC(=O)C1C(C)=NC(C)=C(c2nc(CN(C)Cc3ccccc3)no2)C1c1cccc([N+](=O)[O-])c1. The van der Waals surface area contributed by atoms with Crippen LogP contribution in [0.1, 0.15) is 42.6 Å². The third-order valence-electron chi connectivity index (χ3n) is 6.13. The molecule has 2 aromatic carbocycles. The Morgan fingerprint density at radius 3 is 2.58 bits per heavy atom. The Kier molecular flexibility index (Phi) is 7.35. The maximum Gasteiger partial charge on any atom is 0.315 e. The largest absolute Gasteiger partial charge is 0.468 e. The minimum atomic E-state index is -0.799. The Morgan fingerprint density at radius 1 is 1.14 bits per heavy atom. The van der Waals surface area contributed by atoms with Crippen LogP contribution in [0.2, 0.25) is 0 Å². The number of esters is 1. The Hall–Kier alpha value is -4.18. The van der Waals surface area contributed by atoms with E-state index in [1.54, 1.807) is 26.0 Å². The number of nitro benzene ring substituents is 1. The number of ether oxygens (including phenoxy) is 1. The van der Waals surface area contributed by atoms with Crippen molar-refractivity contribution >= 4 is 22.9 Å². The number of aromatic nitrogens is 2. The van der Waals surface area contributed by atoms with Crippen molar-refractivity contribution in [2.45, 2.75) is 32.9 Å². The lowest BCUT2D eigenvalue weighted by Gasteiger charge is -2.30. The predicted molar refractivity (Wildman–Crippen MR) is 133 cm³/mol. The molecule has 2 unspecified atom stereocenters. The summed E-state index contributed by atoms with van der Waals surface area (Å²) < 4.78 is 10.7. The standard InChI is InChI=1S/C26H27N5O5/c1-16-22(25-28-21(29-36-25)15-30(3)14-18-9-6-5-7-10-18)24(23(17(2)27-16)26(32)35-4)19-11-8-12-20(13-19)31(33)34/h5-13,23-24H,14-15H2,1-4H3. The van der Waals surface area contributed by atoms with E-state index in [1.165, 1.54) is 19.2 Å². The average Bonchev–Trinajstić information content (AvgIpc) is 3.31. The van der Waals surface area contributed by atoms with E-state index in [9.17, 15) is 14.9 Å². The van der Waals surface area contributed by atoms with Crippen molar-refractivity contribution in [2.24, 2.45) is 10.9 Å². The number of carbonyl (C=O) groups is 1. The fraction of sp³-hybridized carbons (Fsp3) is 0.308. The highest BCUT2D eigenvalue weighted by Gasteiger charge is 2.42. The van der Waals surface area contributed by atoms with Crippen LogP contribution in [0.4, 0.5) is 5.69 Å². The number of allylic oxidation sites excluding steroid dienone is 2. The van der Waals surface area contributed by atoms with Crippen molar-refractivity contribution in [1.29, 1.82) is 0 Å². The van der Waals surface area contributed by atoms with Gasteiger partial charge < -0.3 is 9.26 Å². The van der Waals surface area contributed by atoms with Crippen LogP contribution in [0.5, 0.6) is 0 Å². The van der Waals surface area contributed by atoms with Gasteiger partial charge in [0.05, 0.1) is 18.6 Å².